The van der Waals surface area contributed by atoms with Crippen molar-refractivity contribution in [2.45, 2.75) is 32.9 Å². The lowest BCUT2D eigenvalue weighted by Crippen LogP contribution is -2.24. The van der Waals surface area contributed by atoms with Crippen LogP contribution in [-0.2, 0) is 24.2 Å². The van der Waals surface area contributed by atoms with Crippen LogP contribution in [0.25, 0.3) is 0 Å². The number of methoxy groups -OCH3 is 1. The molecular weight excluding hydrogens is 338 g/mol. The van der Waals surface area contributed by atoms with Gasteiger partial charge in [0.1, 0.15) is 0 Å². The minimum atomic E-state index is -2.94. The van der Waals surface area contributed by atoms with Gasteiger partial charge in [-0.05, 0) is 24.1 Å². The molecule has 2 rings (SSSR count). The maximum Gasteiger partial charge on any atom is 0.387 e. The summed E-state index contributed by atoms with van der Waals surface area (Å²) in [5.74, 6) is -0.0404. The van der Waals surface area contributed by atoms with Gasteiger partial charge in [0, 0.05) is 11.9 Å². The van der Waals surface area contributed by atoms with Crippen LogP contribution in [0.3, 0.4) is 0 Å². The first-order valence-electron chi connectivity index (χ1n) is 7.33. The number of nitrogens with one attached hydrogen (secondary N) is 1. The normalized spacial score (nSPS) is 10.7. The molecule has 130 valence electrons. The van der Waals surface area contributed by atoms with Crippen LogP contribution in [0, 0.1) is 0 Å². The van der Waals surface area contributed by atoms with Gasteiger partial charge in [0.2, 0.25) is 5.91 Å². The summed E-state index contributed by atoms with van der Waals surface area (Å²) in [6.07, 6.45) is 1.03. The number of nitrogens with zero attached hydrogens (tertiary/aromatic N) is 1. The van der Waals surface area contributed by atoms with Gasteiger partial charge in [0.25, 0.3) is 0 Å². The molecule has 1 aromatic carbocycles. The lowest BCUT2D eigenvalue weighted by Gasteiger charge is -2.12. The van der Waals surface area contributed by atoms with Gasteiger partial charge < -0.3 is 14.8 Å². The second-order valence-electron chi connectivity index (χ2n) is 4.90. The van der Waals surface area contributed by atoms with Crippen molar-refractivity contribution in [1.82, 2.24) is 10.3 Å². The molecular formula is C16H18F2N2O3S. The van der Waals surface area contributed by atoms with E-state index < -0.39 is 6.61 Å². The summed E-state index contributed by atoms with van der Waals surface area (Å²) in [6.45, 7) is -0.736. The number of hydrogen-bond acceptors (Lipinski definition) is 5. The minimum Gasteiger partial charge on any atom is -0.493 e. The van der Waals surface area contributed by atoms with E-state index in [1.807, 2.05) is 12.3 Å². The van der Waals surface area contributed by atoms with E-state index in [2.05, 4.69) is 15.0 Å². The van der Waals surface area contributed by atoms with E-state index >= 15 is 0 Å². The van der Waals surface area contributed by atoms with Gasteiger partial charge in [-0.25, -0.2) is 4.98 Å². The molecule has 1 amide bonds. The van der Waals surface area contributed by atoms with Crippen LogP contribution in [-0.4, -0.2) is 24.6 Å². The lowest BCUT2D eigenvalue weighted by atomic mass is 10.2. The van der Waals surface area contributed by atoms with Gasteiger partial charge in [-0.1, -0.05) is 13.0 Å². The molecule has 1 aromatic heterocycles. The van der Waals surface area contributed by atoms with Gasteiger partial charge in [0.05, 0.1) is 24.2 Å². The molecule has 0 saturated carbocycles. The van der Waals surface area contributed by atoms with Crippen molar-refractivity contribution in [1.29, 1.82) is 0 Å². The molecule has 0 bridgehead atoms. The second kappa shape index (κ2) is 8.58. The van der Waals surface area contributed by atoms with Crippen LogP contribution >= 0.6 is 11.3 Å². The van der Waals surface area contributed by atoms with Crippen LogP contribution in [0.1, 0.15) is 23.2 Å². The van der Waals surface area contributed by atoms with E-state index in [9.17, 15) is 13.6 Å². The summed E-state index contributed by atoms with van der Waals surface area (Å²) >= 11 is 1.53. The number of ether oxygens (including phenoxy) is 2. The standard InChI is InChI=1S/C16H18F2N2O3S/c1-3-15-20-11(9-24-15)7-14(21)19-8-10-4-5-12(22-2)13(6-10)23-16(17)18/h4-6,9,16H,3,7-8H2,1-2H3,(H,19,21). The number of halogens is 2. The molecule has 0 spiro atoms. The maximum atomic E-state index is 12.4. The maximum absolute atomic E-state index is 12.4. The van der Waals surface area contributed by atoms with Crippen molar-refractivity contribution in [3.8, 4) is 11.5 Å². The smallest absolute Gasteiger partial charge is 0.387 e. The second-order valence-corrected chi connectivity index (χ2v) is 5.85. The monoisotopic (exact) mass is 356 g/mol. The molecule has 0 aliphatic heterocycles. The summed E-state index contributed by atoms with van der Waals surface area (Å²) in [5.41, 5.74) is 1.36. The van der Waals surface area contributed by atoms with Crippen LogP contribution < -0.4 is 14.8 Å². The first-order valence-corrected chi connectivity index (χ1v) is 8.21. The van der Waals surface area contributed by atoms with Crippen molar-refractivity contribution in [3.05, 3.63) is 39.8 Å². The molecule has 2 aromatic rings. The fraction of sp³-hybridized carbons (Fsp3) is 0.375. The number of aromatic nitrogens is 1. The topological polar surface area (TPSA) is 60.5 Å². The Bertz CT molecular complexity index is 692. The van der Waals surface area contributed by atoms with Crippen molar-refractivity contribution in [2.24, 2.45) is 0 Å². The SMILES string of the molecule is CCc1nc(CC(=O)NCc2ccc(OC)c(OC(F)F)c2)cs1. The van der Waals surface area contributed by atoms with E-state index in [-0.39, 0.29) is 30.4 Å². The first-order chi connectivity index (χ1) is 11.5. The van der Waals surface area contributed by atoms with Gasteiger partial charge in [-0.2, -0.15) is 8.78 Å². The quantitative estimate of drug-likeness (QED) is 0.789. The number of thiazole rings is 1. The molecule has 0 aliphatic carbocycles. The van der Waals surface area contributed by atoms with Crippen molar-refractivity contribution in [3.63, 3.8) is 0 Å². The van der Waals surface area contributed by atoms with E-state index in [1.165, 1.54) is 30.6 Å². The zero-order valence-electron chi connectivity index (χ0n) is 13.3. The molecule has 8 heteroatoms. The van der Waals surface area contributed by atoms with Crippen LogP contribution in [0.5, 0.6) is 11.5 Å². The summed E-state index contributed by atoms with van der Waals surface area (Å²) in [4.78, 5) is 16.3. The Balaban J connectivity index is 1.94. The number of amides is 1. The number of aryl methyl sites for hydroxylation is 1. The third-order valence-electron chi connectivity index (χ3n) is 3.18. The van der Waals surface area contributed by atoms with Gasteiger partial charge in [-0.3, -0.25) is 4.79 Å². The predicted octanol–water partition coefficient (Wildman–Crippen LogP) is 3.17. The van der Waals surface area contributed by atoms with Gasteiger partial charge in [0.15, 0.2) is 11.5 Å². The molecule has 0 saturated heterocycles. The number of carbonyl (C=O) groups excluding carboxylic acids is 1. The average Bonchev–Trinajstić information content (AvgIpc) is 3.00. The van der Waals surface area contributed by atoms with E-state index in [0.29, 0.717) is 5.56 Å². The molecule has 0 radical (unpaired) electrons. The highest BCUT2D eigenvalue weighted by Gasteiger charge is 2.12. The summed E-state index contributed by atoms with van der Waals surface area (Å²) < 4.78 is 34.2. The minimum absolute atomic E-state index is 0.0636. The van der Waals surface area contributed by atoms with Gasteiger partial charge >= 0.3 is 6.61 Å². The summed E-state index contributed by atoms with van der Waals surface area (Å²) in [5, 5.41) is 5.58. The Morgan fingerprint density at radius 2 is 2.17 bits per heavy atom. The Kier molecular flexibility index (Phi) is 6.48. The molecule has 1 N–H and O–H groups in total. The molecule has 0 atom stereocenters. The number of rotatable bonds is 8. The highest BCUT2D eigenvalue weighted by atomic mass is 32.1. The van der Waals surface area contributed by atoms with Crippen LogP contribution in [0.4, 0.5) is 8.78 Å². The third kappa shape index (κ3) is 5.16. The van der Waals surface area contributed by atoms with Crippen molar-refractivity contribution < 1.29 is 23.0 Å². The molecule has 1 heterocycles. The Morgan fingerprint density at radius 3 is 2.79 bits per heavy atom. The third-order valence-corrected chi connectivity index (χ3v) is 4.22. The zero-order valence-corrected chi connectivity index (χ0v) is 14.2. The van der Waals surface area contributed by atoms with Crippen LogP contribution in [0.2, 0.25) is 0 Å². The molecule has 0 unspecified atom stereocenters. The number of hydrogen-bond donors (Lipinski definition) is 1. The van der Waals surface area contributed by atoms with Crippen LogP contribution in [0.15, 0.2) is 23.6 Å². The number of benzene rings is 1. The first kappa shape index (κ1) is 18.1. The fourth-order valence-corrected chi connectivity index (χ4v) is 2.78. The largest absolute Gasteiger partial charge is 0.493 e. The Labute approximate surface area is 142 Å². The fourth-order valence-electron chi connectivity index (χ4n) is 2.04. The highest BCUT2D eigenvalue weighted by molar-refractivity contribution is 7.09. The zero-order chi connectivity index (χ0) is 17.5. The Morgan fingerprint density at radius 1 is 1.38 bits per heavy atom. The van der Waals surface area contributed by atoms with Crippen molar-refractivity contribution >= 4 is 17.2 Å². The van der Waals surface area contributed by atoms with E-state index in [4.69, 9.17) is 4.74 Å². The predicted molar refractivity (Wildman–Crippen MR) is 86.7 cm³/mol. The van der Waals surface area contributed by atoms with Gasteiger partial charge in [-0.15, -0.1) is 11.3 Å². The highest BCUT2D eigenvalue weighted by Crippen LogP contribution is 2.29. The lowest BCUT2D eigenvalue weighted by molar-refractivity contribution is -0.120. The number of alkyl halides is 2. The summed E-state index contributed by atoms with van der Waals surface area (Å²) in [7, 11) is 1.37. The molecule has 0 fully saturated rings. The number of carbonyl (C=O) groups is 1. The molecule has 0 aliphatic rings. The van der Waals surface area contributed by atoms with Crippen molar-refractivity contribution in [2.75, 3.05) is 7.11 Å². The average molecular weight is 356 g/mol. The molecule has 24 heavy (non-hydrogen) atoms. The van der Waals surface area contributed by atoms with E-state index in [1.54, 1.807) is 6.07 Å². The molecule has 5 nitrogen and oxygen atoms in total. The Hall–Kier alpha value is -2.22. The summed E-state index contributed by atoms with van der Waals surface area (Å²) in [6, 6.07) is 4.62. The van der Waals surface area contributed by atoms with E-state index in [0.717, 1.165) is 17.1 Å².